The lowest BCUT2D eigenvalue weighted by Gasteiger charge is -2.23. The van der Waals surface area contributed by atoms with Gasteiger partial charge in [0.2, 0.25) is 5.72 Å². The lowest BCUT2D eigenvalue weighted by atomic mass is 10.1. The van der Waals surface area contributed by atoms with E-state index >= 15 is 0 Å². The molecule has 1 fully saturated rings. The van der Waals surface area contributed by atoms with Crippen LogP contribution in [0.25, 0.3) is 10.4 Å². The molecule has 2 rings (SSSR count). The van der Waals surface area contributed by atoms with Crippen LogP contribution in [0.3, 0.4) is 0 Å². The molecule has 0 amide bonds. The van der Waals surface area contributed by atoms with Gasteiger partial charge in [0.15, 0.2) is 12.4 Å². The van der Waals surface area contributed by atoms with Crippen molar-refractivity contribution in [3.05, 3.63) is 33.2 Å². The van der Waals surface area contributed by atoms with Gasteiger partial charge in [0, 0.05) is 16.9 Å². The van der Waals surface area contributed by atoms with Crippen LogP contribution in [0.1, 0.15) is 6.23 Å². The molecule has 1 aromatic heterocycles. The molecule has 148 valence electrons. The maximum Gasteiger partial charge on any atom is 0.351 e. The van der Waals surface area contributed by atoms with Crippen LogP contribution < -0.4 is 11.0 Å². The molecule has 0 aromatic carbocycles. The van der Waals surface area contributed by atoms with E-state index in [9.17, 15) is 24.2 Å². The van der Waals surface area contributed by atoms with Crippen molar-refractivity contribution in [3.63, 3.8) is 0 Å². The molecule has 1 aliphatic heterocycles. The Kier molecular flexibility index (Phi) is 6.98. The molecule has 12 nitrogen and oxygen atoms in total. The van der Waals surface area contributed by atoms with Crippen LogP contribution in [0.15, 0.2) is 22.2 Å². The second kappa shape index (κ2) is 9.01. The Hall–Kier alpha value is -2.38. The van der Waals surface area contributed by atoms with Crippen molar-refractivity contribution < 1.29 is 28.9 Å². The van der Waals surface area contributed by atoms with Crippen LogP contribution in [0, 0.1) is 0 Å². The van der Waals surface area contributed by atoms with Crippen molar-refractivity contribution >= 4 is 24.9 Å². The van der Waals surface area contributed by atoms with Gasteiger partial charge < -0.3 is 25.0 Å². The Bertz CT molecular complexity index is 776. The van der Waals surface area contributed by atoms with Crippen molar-refractivity contribution in [1.29, 1.82) is 0 Å². The molecule has 1 aliphatic rings. The summed E-state index contributed by atoms with van der Waals surface area (Å²) in [5, 5.41) is 25.2. The molecular formula is C13H17FN6O6S. The summed E-state index contributed by atoms with van der Waals surface area (Å²) in [6.45, 7) is -0.727. The number of aromatic nitrogens is 2. The third kappa shape index (κ3) is 4.31. The number of carbonyl (C=O) groups is 1. The largest absolute Gasteiger partial charge is 0.466 e. The summed E-state index contributed by atoms with van der Waals surface area (Å²) in [5.41, 5.74) is 5.37. The van der Waals surface area contributed by atoms with E-state index in [1.54, 1.807) is 0 Å². The zero-order valence-electron chi connectivity index (χ0n) is 13.8. The highest BCUT2D eigenvalue weighted by Gasteiger charge is 2.56. The summed E-state index contributed by atoms with van der Waals surface area (Å²) < 4.78 is 25.0. The highest BCUT2D eigenvalue weighted by Crippen LogP contribution is 2.39. The van der Waals surface area contributed by atoms with E-state index in [1.807, 2.05) is 0 Å². The number of azide groups is 1. The van der Waals surface area contributed by atoms with Gasteiger partial charge in [-0.3, -0.25) is 9.36 Å². The average Bonchev–Trinajstić information content (AvgIpc) is 2.91. The molecule has 1 aromatic rings. The monoisotopic (exact) mass is 404 g/mol. The zero-order valence-corrected chi connectivity index (χ0v) is 14.6. The molecule has 3 N–H and O–H groups in total. The molecule has 2 heterocycles. The number of ether oxygens (including phenoxy) is 2. The number of carbonyl (C=O) groups excluding carboxylic acids is 1. The van der Waals surface area contributed by atoms with Gasteiger partial charge in [-0.1, -0.05) is 5.11 Å². The number of halogens is 1. The Labute approximate surface area is 157 Å². The van der Waals surface area contributed by atoms with Crippen molar-refractivity contribution in [2.75, 3.05) is 24.3 Å². The first-order valence-electron chi connectivity index (χ1n) is 7.61. The number of rotatable bonds is 9. The predicted molar refractivity (Wildman–Crippen MR) is 91.8 cm³/mol. The smallest absolute Gasteiger partial charge is 0.351 e. The van der Waals surface area contributed by atoms with Crippen molar-refractivity contribution in [1.82, 2.24) is 9.55 Å². The van der Waals surface area contributed by atoms with Crippen LogP contribution >= 0.6 is 12.6 Å². The van der Waals surface area contributed by atoms with Crippen molar-refractivity contribution in [2.24, 2.45) is 5.11 Å². The van der Waals surface area contributed by atoms with Gasteiger partial charge in [-0.25, -0.2) is 9.18 Å². The number of anilines is 1. The minimum Gasteiger partial charge on any atom is -0.466 e. The third-order valence-electron chi connectivity index (χ3n) is 3.84. The molecule has 0 spiro atoms. The highest BCUT2D eigenvalue weighted by atomic mass is 32.1. The summed E-state index contributed by atoms with van der Waals surface area (Å²) >= 11 is 4.08. The van der Waals surface area contributed by atoms with Gasteiger partial charge in [0.05, 0.1) is 12.6 Å². The number of thiol groups is 1. The van der Waals surface area contributed by atoms with E-state index in [-0.39, 0.29) is 24.6 Å². The second-order valence-corrected chi connectivity index (χ2v) is 5.91. The van der Waals surface area contributed by atoms with E-state index in [0.717, 1.165) is 10.8 Å². The lowest BCUT2D eigenvalue weighted by molar-refractivity contribution is -0.128. The maximum absolute atomic E-state index is 14.4. The fraction of sp³-hybridized carbons (Fsp3) is 0.615. The van der Waals surface area contributed by atoms with Crippen LogP contribution in [0.2, 0.25) is 0 Å². The number of hydrogen-bond donors (Lipinski definition) is 4. The minimum absolute atomic E-state index is 0.00652. The van der Waals surface area contributed by atoms with Gasteiger partial charge in [-0.2, -0.15) is 17.6 Å². The summed E-state index contributed by atoms with van der Waals surface area (Å²) in [5.74, 6) is 0.385. The Balaban J connectivity index is 2.24. The van der Waals surface area contributed by atoms with Gasteiger partial charge in [0.25, 0.3) is 6.47 Å². The molecule has 5 atom stereocenters. The number of aliphatic hydroxyl groups excluding tert-OH is 2. The average molecular weight is 404 g/mol. The topological polar surface area (TPSA) is 172 Å². The van der Waals surface area contributed by atoms with E-state index in [4.69, 9.17) is 10.3 Å². The standard InChI is InChI=1S/C13H17FN6O6S/c14-9-10(23)13(5-21,18-19-15)26-11(9)20-2-1-8(17-12(20)24)16-7(4-27)3-25-6-22/h1-2,6-7,9-11,21,23,27H,3-5H2,(H,16,17,24)/t7-,9+,10?,11?,13-/m1/s1. The van der Waals surface area contributed by atoms with Gasteiger partial charge in [-0.05, 0) is 11.6 Å². The summed E-state index contributed by atoms with van der Waals surface area (Å²) in [4.78, 5) is 28.6. The first kappa shape index (κ1) is 20.9. The van der Waals surface area contributed by atoms with Crippen molar-refractivity contribution in [2.45, 2.75) is 30.3 Å². The molecule has 0 aliphatic carbocycles. The molecule has 27 heavy (non-hydrogen) atoms. The summed E-state index contributed by atoms with van der Waals surface area (Å²) in [6, 6.07) is 0.903. The number of nitrogens with zero attached hydrogens (tertiary/aromatic N) is 5. The number of aliphatic hydroxyl groups is 2. The van der Waals surface area contributed by atoms with Crippen LogP contribution in [-0.2, 0) is 14.3 Å². The number of nitrogens with one attached hydrogen (secondary N) is 1. The van der Waals surface area contributed by atoms with Gasteiger partial charge in [0.1, 0.15) is 18.5 Å². The van der Waals surface area contributed by atoms with Crippen LogP contribution in [0.5, 0.6) is 0 Å². The first-order chi connectivity index (χ1) is 12.9. The fourth-order valence-corrected chi connectivity index (χ4v) is 2.67. The lowest BCUT2D eigenvalue weighted by Crippen LogP contribution is -2.43. The van der Waals surface area contributed by atoms with Crippen LogP contribution in [0.4, 0.5) is 10.2 Å². The Morgan fingerprint density at radius 3 is 3.00 bits per heavy atom. The van der Waals surface area contributed by atoms with Gasteiger partial charge >= 0.3 is 5.69 Å². The number of hydrogen-bond acceptors (Lipinski definition) is 10. The van der Waals surface area contributed by atoms with Gasteiger partial charge in [-0.15, -0.1) is 0 Å². The Morgan fingerprint density at radius 2 is 2.44 bits per heavy atom. The predicted octanol–water partition coefficient (Wildman–Crippen LogP) is -0.647. The molecule has 1 saturated heterocycles. The van der Waals surface area contributed by atoms with E-state index < -0.39 is 42.6 Å². The maximum atomic E-state index is 14.4. The van der Waals surface area contributed by atoms with E-state index in [1.165, 1.54) is 6.07 Å². The van der Waals surface area contributed by atoms with Crippen LogP contribution in [-0.4, -0.2) is 69.2 Å². The molecule has 0 radical (unpaired) electrons. The molecule has 2 unspecified atom stereocenters. The fourth-order valence-electron chi connectivity index (χ4n) is 2.47. The first-order valence-corrected chi connectivity index (χ1v) is 8.24. The molecule has 14 heteroatoms. The summed E-state index contributed by atoms with van der Waals surface area (Å²) in [6.07, 6.45) is -4.65. The quantitative estimate of drug-likeness (QED) is 0.138. The normalized spacial score (nSPS) is 28.2. The second-order valence-electron chi connectivity index (χ2n) is 5.55. The highest BCUT2D eigenvalue weighted by molar-refractivity contribution is 7.80. The third-order valence-corrected chi connectivity index (χ3v) is 4.28. The van der Waals surface area contributed by atoms with Crippen molar-refractivity contribution in [3.8, 4) is 0 Å². The molecule has 0 bridgehead atoms. The minimum atomic E-state index is -2.25. The zero-order chi connectivity index (χ0) is 20.0. The van der Waals surface area contributed by atoms with E-state index in [0.29, 0.717) is 0 Å². The SMILES string of the molecule is [N-]=[N+]=N[C@]1(CO)OC(n2ccc(N[C@@H](CS)COC=O)nc2=O)[C@@H](F)C1O. The number of alkyl halides is 1. The van der Waals surface area contributed by atoms with E-state index in [2.05, 4.69) is 37.7 Å². The summed E-state index contributed by atoms with van der Waals surface area (Å²) in [7, 11) is 0. The Morgan fingerprint density at radius 1 is 1.70 bits per heavy atom. The molecule has 0 saturated carbocycles. The molecular weight excluding hydrogens is 387 g/mol.